The van der Waals surface area contributed by atoms with Crippen molar-refractivity contribution in [2.75, 3.05) is 6.54 Å². The quantitative estimate of drug-likeness (QED) is 0.793. The summed E-state index contributed by atoms with van der Waals surface area (Å²) in [5, 5.41) is 11.8. The standard InChI is InChI=1S/C13H24N2O3/c1-8-6-9(2)15(7-8)12(18)14-10(11(16)17)13(3,4)5/h8-10H,6-7H2,1-5H3,(H,14,18)(H,16,17)/t8?,9?,10-/m1/s1. The fourth-order valence-corrected chi connectivity index (χ4v) is 2.44. The predicted octanol–water partition coefficient (Wildman–Crippen LogP) is 1.93. The summed E-state index contributed by atoms with van der Waals surface area (Å²) in [4.78, 5) is 25.1. The summed E-state index contributed by atoms with van der Waals surface area (Å²) in [6.45, 7) is 10.2. The molecule has 104 valence electrons. The molecule has 0 saturated carbocycles. The predicted molar refractivity (Wildman–Crippen MR) is 69.4 cm³/mol. The second-order valence-corrected chi connectivity index (χ2v) is 6.43. The number of likely N-dealkylation sites (tertiary alicyclic amines) is 1. The van der Waals surface area contributed by atoms with Gasteiger partial charge in [-0.25, -0.2) is 9.59 Å². The van der Waals surface area contributed by atoms with Gasteiger partial charge in [0, 0.05) is 12.6 Å². The zero-order valence-corrected chi connectivity index (χ0v) is 11.9. The second-order valence-electron chi connectivity index (χ2n) is 6.43. The summed E-state index contributed by atoms with van der Waals surface area (Å²) < 4.78 is 0. The lowest BCUT2D eigenvalue weighted by atomic mass is 9.87. The van der Waals surface area contributed by atoms with Crippen LogP contribution in [0.3, 0.4) is 0 Å². The second kappa shape index (κ2) is 5.16. The third-order valence-electron chi connectivity index (χ3n) is 3.43. The summed E-state index contributed by atoms with van der Waals surface area (Å²) in [5.41, 5.74) is -0.504. The molecule has 1 rings (SSSR count). The van der Waals surface area contributed by atoms with Crippen LogP contribution >= 0.6 is 0 Å². The first-order valence-electron chi connectivity index (χ1n) is 6.43. The molecule has 0 aromatic heterocycles. The molecule has 0 aromatic carbocycles. The Morgan fingerprint density at radius 3 is 2.22 bits per heavy atom. The number of carbonyl (C=O) groups excluding carboxylic acids is 1. The number of hydrogen-bond donors (Lipinski definition) is 2. The summed E-state index contributed by atoms with van der Waals surface area (Å²) in [7, 11) is 0. The van der Waals surface area contributed by atoms with E-state index >= 15 is 0 Å². The summed E-state index contributed by atoms with van der Waals surface area (Å²) in [6.07, 6.45) is 0.973. The van der Waals surface area contributed by atoms with Gasteiger partial charge >= 0.3 is 12.0 Å². The smallest absolute Gasteiger partial charge is 0.326 e. The van der Waals surface area contributed by atoms with E-state index in [4.69, 9.17) is 0 Å². The van der Waals surface area contributed by atoms with Gasteiger partial charge < -0.3 is 15.3 Å². The minimum atomic E-state index is -0.990. The fourth-order valence-electron chi connectivity index (χ4n) is 2.44. The van der Waals surface area contributed by atoms with E-state index in [2.05, 4.69) is 12.2 Å². The van der Waals surface area contributed by atoms with Crippen LogP contribution in [0, 0.1) is 11.3 Å². The van der Waals surface area contributed by atoms with Gasteiger partial charge in [0.25, 0.3) is 0 Å². The first-order valence-corrected chi connectivity index (χ1v) is 6.43. The third-order valence-corrected chi connectivity index (χ3v) is 3.43. The van der Waals surface area contributed by atoms with Crippen LogP contribution in [0.15, 0.2) is 0 Å². The summed E-state index contributed by atoms with van der Waals surface area (Å²) in [6, 6.07) is -0.961. The number of aliphatic carboxylic acids is 1. The lowest BCUT2D eigenvalue weighted by molar-refractivity contribution is -0.142. The maximum atomic E-state index is 12.1. The molecule has 2 unspecified atom stereocenters. The Kier molecular flexibility index (Phi) is 4.24. The lowest BCUT2D eigenvalue weighted by Gasteiger charge is -2.31. The minimum absolute atomic E-state index is 0.175. The van der Waals surface area contributed by atoms with Gasteiger partial charge in [-0.1, -0.05) is 27.7 Å². The van der Waals surface area contributed by atoms with Crippen LogP contribution in [-0.2, 0) is 4.79 Å². The fraction of sp³-hybridized carbons (Fsp3) is 0.846. The first-order chi connectivity index (χ1) is 8.12. The van der Waals surface area contributed by atoms with Crippen LogP contribution in [0.25, 0.3) is 0 Å². The monoisotopic (exact) mass is 256 g/mol. The van der Waals surface area contributed by atoms with Gasteiger partial charge in [0.1, 0.15) is 6.04 Å². The molecule has 0 aromatic rings. The molecule has 3 atom stereocenters. The zero-order valence-electron chi connectivity index (χ0n) is 11.9. The Morgan fingerprint density at radius 2 is 1.89 bits per heavy atom. The van der Waals surface area contributed by atoms with E-state index in [-0.39, 0.29) is 12.1 Å². The highest BCUT2D eigenvalue weighted by atomic mass is 16.4. The molecule has 1 aliphatic heterocycles. The number of urea groups is 1. The SMILES string of the molecule is CC1CC(C)N(C(=O)N[C@H](C(=O)O)C(C)(C)C)C1. The summed E-state index contributed by atoms with van der Waals surface area (Å²) >= 11 is 0. The van der Waals surface area contributed by atoms with E-state index in [1.54, 1.807) is 4.90 Å². The number of amides is 2. The minimum Gasteiger partial charge on any atom is -0.480 e. The number of carbonyl (C=O) groups is 2. The van der Waals surface area contributed by atoms with Crippen LogP contribution in [0.4, 0.5) is 4.79 Å². The topological polar surface area (TPSA) is 69.6 Å². The van der Waals surface area contributed by atoms with Gasteiger partial charge in [0.15, 0.2) is 0 Å². The molecule has 1 saturated heterocycles. The number of rotatable bonds is 2. The van der Waals surface area contributed by atoms with Crippen LogP contribution in [0.5, 0.6) is 0 Å². The summed E-state index contributed by atoms with van der Waals surface area (Å²) in [5.74, 6) is -0.514. The highest BCUT2D eigenvalue weighted by molar-refractivity contribution is 5.83. The molecule has 18 heavy (non-hydrogen) atoms. The van der Waals surface area contributed by atoms with Crippen LogP contribution < -0.4 is 5.32 Å². The van der Waals surface area contributed by atoms with Crippen molar-refractivity contribution in [2.45, 2.75) is 53.1 Å². The largest absolute Gasteiger partial charge is 0.480 e. The number of carboxylic acid groups (broad SMARTS) is 1. The lowest BCUT2D eigenvalue weighted by Crippen LogP contribution is -2.54. The Labute approximate surface area is 109 Å². The Hall–Kier alpha value is -1.26. The molecule has 0 radical (unpaired) electrons. The van der Waals surface area contributed by atoms with Gasteiger partial charge in [-0.2, -0.15) is 0 Å². The highest BCUT2D eigenvalue weighted by Gasteiger charge is 2.36. The van der Waals surface area contributed by atoms with Crippen molar-refractivity contribution in [2.24, 2.45) is 11.3 Å². The molecule has 5 heteroatoms. The molecular weight excluding hydrogens is 232 g/mol. The van der Waals surface area contributed by atoms with Crippen molar-refractivity contribution >= 4 is 12.0 Å². The van der Waals surface area contributed by atoms with Gasteiger partial charge in [-0.05, 0) is 24.7 Å². The maximum absolute atomic E-state index is 12.1. The zero-order chi connectivity index (χ0) is 14.1. The molecule has 1 heterocycles. The molecule has 1 aliphatic rings. The van der Waals surface area contributed by atoms with E-state index in [9.17, 15) is 14.7 Å². The maximum Gasteiger partial charge on any atom is 0.326 e. The van der Waals surface area contributed by atoms with Gasteiger partial charge in [0.2, 0.25) is 0 Å². The first kappa shape index (κ1) is 14.8. The van der Waals surface area contributed by atoms with E-state index in [0.717, 1.165) is 6.42 Å². The molecule has 5 nitrogen and oxygen atoms in total. The molecule has 0 bridgehead atoms. The molecule has 2 N–H and O–H groups in total. The van der Waals surface area contributed by atoms with Crippen molar-refractivity contribution in [1.82, 2.24) is 10.2 Å². The van der Waals surface area contributed by atoms with Crippen LogP contribution in [-0.4, -0.2) is 40.6 Å². The van der Waals surface area contributed by atoms with E-state index in [1.165, 1.54) is 0 Å². The van der Waals surface area contributed by atoms with Crippen molar-refractivity contribution in [1.29, 1.82) is 0 Å². The number of hydrogen-bond acceptors (Lipinski definition) is 2. The average molecular weight is 256 g/mol. The third kappa shape index (κ3) is 3.37. The van der Waals surface area contributed by atoms with E-state index in [1.807, 2.05) is 27.7 Å². The van der Waals surface area contributed by atoms with Crippen molar-refractivity contribution in [3.8, 4) is 0 Å². The van der Waals surface area contributed by atoms with Gasteiger partial charge in [0.05, 0.1) is 0 Å². The van der Waals surface area contributed by atoms with Gasteiger partial charge in [-0.3, -0.25) is 0 Å². The Morgan fingerprint density at radius 1 is 1.33 bits per heavy atom. The number of nitrogens with one attached hydrogen (secondary N) is 1. The normalized spacial score (nSPS) is 25.9. The molecule has 2 amide bonds. The molecule has 0 spiro atoms. The molecular formula is C13H24N2O3. The van der Waals surface area contributed by atoms with Crippen molar-refractivity contribution in [3.63, 3.8) is 0 Å². The molecule has 0 aliphatic carbocycles. The van der Waals surface area contributed by atoms with Crippen molar-refractivity contribution < 1.29 is 14.7 Å². The Bertz CT molecular complexity index is 336. The van der Waals surface area contributed by atoms with E-state index in [0.29, 0.717) is 12.5 Å². The molecule has 1 fully saturated rings. The number of nitrogens with zero attached hydrogens (tertiary/aromatic N) is 1. The van der Waals surface area contributed by atoms with Crippen LogP contribution in [0.2, 0.25) is 0 Å². The van der Waals surface area contributed by atoms with Crippen LogP contribution in [0.1, 0.15) is 41.0 Å². The average Bonchev–Trinajstić information content (AvgIpc) is 2.51. The van der Waals surface area contributed by atoms with Gasteiger partial charge in [-0.15, -0.1) is 0 Å². The van der Waals surface area contributed by atoms with Crippen molar-refractivity contribution in [3.05, 3.63) is 0 Å². The Balaban J connectivity index is 2.71. The highest BCUT2D eigenvalue weighted by Crippen LogP contribution is 2.24. The number of carboxylic acids is 1. The van der Waals surface area contributed by atoms with E-state index < -0.39 is 17.4 Å².